The fourth-order valence-electron chi connectivity index (χ4n) is 2.05. The molecule has 17 heavy (non-hydrogen) atoms. The third-order valence-electron chi connectivity index (χ3n) is 3.37. The van der Waals surface area contributed by atoms with Crippen LogP contribution in [0, 0.1) is 0 Å². The number of likely N-dealkylation sites (N-methyl/N-ethyl adjacent to an activating group) is 1. The summed E-state index contributed by atoms with van der Waals surface area (Å²) in [7, 11) is 2.10. The first-order valence-corrected chi connectivity index (χ1v) is 6.37. The van der Waals surface area contributed by atoms with Crippen molar-refractivity contribution in [1.82, 2.24) is 15.1 Å². The summed E-state index contributed by atoms with van der Waals surface area (Å²) < 4.78 is 0. The fourth-order valence-corrected chi connectivity index (χ4v) is 2.05. The summed E-state index contributed by atoms with van der Waals surface area (Å²) in [6, 6.07) is 0. The summed E-state index contributed by atoms with van der Waals surface area (Å²) in [5, 5.41) is 12.5. The minimum absolute atomic E-state index is 0.580. The Kier molecular flexibility index (Phi) is 5.36. The first-order chi connectivity index (χ1) is 7.98. The Morgan fingerprint density at radius 2 is 1.94 bits per heavy atom. The van der Waals surface area contributed by atoms with Crippen molar-refractivity contribution in [2.24, 2.45) is 0 Å². The van der Waals surface area contributed by atoms with Gasteiger partial charge < -0.3 is 15.3 Å². The van der Waals surface area contributed by atoms with E-state index in [4.69, 9.17) is 0 Å². The monoisotopic (exact) mass is 243 g/mol. The molecular formula is C12H25N3O2. The molecule has 1 fully saturated rings. The summed E-state index contributed by atoms with van der Waals surface area (Å²) in [4.78, 5) is 15.9. The minimum Gasteiger partial charge on any atom is -0.480 e. The van der Waals surface area contributed by atoms with Crippen LogP contribution in [0.3, 0.4) is 0 Å². The highest BCUT2D eigenvalue weighted by Gasteiger charge is 2.34. The van der Waals surface area contributed by atoms with Crippen molar-refractivity contribution in [2.75, 3.05) is 46.3 Å². The third kappa shape index (κ3) is 4.26. The van der Waals surface area contributed by atoms with E-state index in [0.717, 1.165) is 39.1 Å². The summed E-state index contributed by atoms with van der Waals surface area (Å²) in [6.45, 7) is 9.09. The normalized spacial score (nSPS) is 22.3. The molecule has 0 aromatic rings. The van der Waals surface area contributed by atoms with Gasteiger partial charge in [0.25, 0.3) is 0 Å². The van der Waals surface area contributed by atoms with Crippen LogP contribution in [0.1, 0.15) is 20.3 Å². The molecule has 1 rings (SSSR count). The van der Waals surface area contributed by atoms with E-state index in [9.17, 15) is 9.90 Å². The molecule has 100 valence electrons. The SMILES string of the molecule is CCCNC(C)(CN1CCN(C)CC1)C(=O)O. The molecule has 0 saturated carbocycles. The molecule has 1 saturated heterocycles. The molecule has 1 atom stereocenters. The van der Waals surface area contributed by atoms with Gasteiger partial charge in [-0.05, 0) is 26.9 Å². The van der Waals surface area contributed by atoms with Crippen LogP contribution in [-0.2, 0) is 4.79 Å². The molecule has 1 unspecified atom stereocenters. The maximum absolute atomic E-state index is 11.4. The predicted octanol–water partition coefficient (Wildman–Crippen LogP) is 0.0767. The molecule has 5 heteroatoms. The van der Waals surface area contributed by atoms with E-state index < -0.39 is 11.5 Å². The Hall–Kier alpha value is -0.650. The molecule has 1 heterocycles. The van der Waals surface area contributed by atoms with Crippen molar-refractivity contribution in [3.63, 3.8) is 0 Å². The standard InChI is InChI=1S/C12H25N3O2/c1-4-5-13-12(2,11(16)17)10-15-8-6-14(3)7-9-15/h13H,4-10H2,1-3H3,(H,16,17). The smallest absolute Gasteiger partial charge is 0.324 e. The Balaban J connectivity index is 2.51. The number of rotatable bonds is 6. The summed E-state index contributed by atoms with van der Waals surface area (Å²) in [5.74, 6) is -0.759. The highest BCUT2D eigenvalue weighted by Crippen LogP contribution is 2.10. The average Bonchev–Trinajstić information content (AvgIpc) is 2.29. The first kappa shape index (κ1) is 14.4. The molecular weight excluding hydrogens is 218 g/mol. The lowest BCUT2D eigenvalue weighted by Gasteiger charge is -2.37. The quantitative estimate of drug-likeness (QED) is 0.692. The molecule has 0 amide bonds. The molecule has 5 nitrogen and oxygen atoms in total. The predicted molar refractivity (Wildman–Crippen MR) is 68.3 cm³/mol. The highest BCUT2D eigenvalue weighted by atomic mass is 16.4. The average molecular weight is 243 g/mol. The van der Waals surface area contributed by atoms with Crippen LogP contribution in [0.25, 0.3) is 0 Å². The number of aliphatic carboxylic acids is 1. The van der Waals surface area contributed by atoms with Gasteiger partial charge in [-0.25, -0.2) is 0 Å². The molecule has 1 aliphatic heterocycles. The van der Waals surface area contributed by atoms with E-state index in [-0.39, 0.29) is 0 Å². The van der Waals surface area contributed by atoms with E-state index in [0.29, 0.717) is 6.54 Å². The van der Waals surface area contributed by atoms with Crippen LogP contribution in [0.2, 0.25) is 0 Å². The van der Waals surface area contributed by atoms with Gasteiger partial charge in [-0.15, -0.1) is 0 Å². The van der Waals surface area contributed by atoms with Crippen molar-refractivity contribution in [3.8, 4) is 0 Å². The van der Waals surface area contributed by atoms with Gasteiger partial charge in [0, 0.05) is 32.7 Å². The van der Waals surface area contributed by atoms with Gasteiger partial charge in [0.2, 0.25) is 0 Å². The number of nitrogens with one attached hydrogen (secondary N) is 1. The molecule has 0 aromatic carbocycles. The Bertz CT molecular complexity index is 252. The molecule has 0 radical (unpaired) electrons. The summed E-state index contributed by atoms with van der Waals surface area (Å²) in [5.41, 5.74) is -0.827. The zero-order valence-corrected chi connectivity index (χ0v) is 11.2. The van der Waals surface area contributed by atoms with Gasteiger partial charge >= 0.3 is 5.97 Å². The zero-order chi connectivity index (χ0) is 12.9. The second kappa shape index (κ2) is 6.33. The van der Waals surface area contributed by atoms with Gasteiger partial charge in [-0.3, -0.25) is 9.69 Å². The number of piperazine rings is 1. The van der Waals surface area contributed by atoms with Crippen molar-refractivity contribution < 1.29 is 9.90 Å². The Morgan fingerprint density at radius 3 is 2.41 bits per heavy atom. The van der Waals surface area contributed by atoms with Crippen LogP contribution in [-0.4, -0.2) is 72.7 Å². The lowest BCUT2D eigenvalue weighted by atomic mass is 10.0. The molecule has 0 aliphatic carbocycles. The second-order valence-corrected chi connectivity index (χ2v) is 5.14. The van der Waals surface area contributed by atoms with Crippen LogP contribution in [0.4, 0.5) is 0 Å². The number of carboxylic acid groups (broad SMARTS) is 1. The highest BCUT2D eigenvalue weighted by molar-refractivity contribution is 5.78. The van der Waals surface area contributed by atoms with E-state index in [1.807, 2.05) is 6.92 Å². The second-order valence-electron chi connectivity index (χ2n) is 5.14. The number of nitrogens with zero attached hydrogens (tertiary/aromatic N) is 2. The lowest BCUT2D eigenvalue weighted by Crippen LogP contribution is -2.59. The van der Waals surface area contributed by atoms with Crippen LogP contribution in [0.5, 0.6) is 0 Å². The van der Waals surface area contributed by atoms with Crippen molar-refractivity contribution in [2.45, 2.75) is 25.8 Å². The van der Waals surface area contributed by atoms with Gasteiger partial charge in [0.05, 0.1) is 0 Å². The maximum atomic E-state index is 11.4. The maximum Gasteiger partial charge on any atom is 0.324 e. The molecule has 1 aliphatic rings. The van der Waals surface area contributed by atoms with Crippen LogP contribution >= 0.6 is 0 Å². The number of hydrogen-bond donors (Lipinski definition) is 2. The number of hydrogen-bond acceptors (Lipinski definition) is 4. The molecule has 0 bridgehead atoms. The van der Waals surface area contributed by atoms with Gasteiger partial charge in [-0.2, -0.15) is 0 Å². The van der Waals surface area contributed by atoms with E-state index in [2.05, 4.69) is 22.2 Å². The number of carboxylic acids is 1. The van der Waals surface area contributed by atoms with Crippen molar-refractivity contribution in [3.05, 3.63) is 0 Å². The van der Waals surface area contributed by atoms with Gasteiger partial charge in [0.1, 0.15) is 5.54 Å². The Morgan fingerprint density at radius 1 is 1.35 bits per heavy atom. The van der Waals surface area contributed by atoms with Crippen LogP contribution < -0.4 is 5.32 Å². The topological polar surface area (TPSA) is 55.8 Å². The zero-order valence-electron chi connectivity index (χ0n) is 11.2. The fraction of sp³-hybridized carbons (Fsp3) is 0.917. The van der Waals surface area contributed by atoms with Crippen LogP contribution in [0.15, 0.2) is 0 Å². The molecule has 2 N–H and O–H groups in total. The van der Waals surface area contributed by atoms with Crippen molar-refractivity contribution in [1.29, 1.82) is 0 Å². The first-order valence-electron chi connectivity index (χ1n) is 6.37. The Labute approximate surface area is 104 Å². The number of carbonyl (C=O) groups is 1. The largest absolute Gasteiger partial charge is 0.480 e. The minimum atomic E-state index is -0.827. The van der Waals surface area contributed by atoms with E-state index in [1.54, 1.807) is 6.92 Å². The summed E-state index contributed by atoms with van der Waals surface area (Å²) >= 11 is 0. The lowest BCUT2D eigenvalue weighted by molar-refractivity contribution is -0.145. The summed E-state index contributed by atoms with van der Waals surface area (Å²) in [6.07, 6.45) is 0.950. The van der Waals surface area contributed by atoms with E-state index in [1.165, 1.54) is 0 Å². The third-order valence-corrected chi connectivity index (χ3v) is 3.37. The van der Waals surface area contributed by atoms with Crippen molar-refractivity contribution >= 4 is 5.97 Å². The molecule has 0 spiro atoms. The molecule has 0 aromatic heterocycles. The van der Waals surface area contributed by atoms with Gasteiger partial charge in [-0.1, -0.05) is 6.92 Å². The van der Waals surface area contributed by atoms with E-state index >= 15 is 0 Å². The van der Waals surface area contributed by atoms with Gasteiger partial charge in [0.15, 0.2) is 0 Å².